The first-order valence-electron chi connectivity index (χ1n) is 8.50. The van der Waals surface area contributed by atoms with Gasteiger partial charge in [0.25, 0.3) is 0 Å². The van der Waals surface area contributed by atoms with Gasteiger partial charge in [-0.2, -0.15) is 13.2 Å². The minimum Gasteiger partial charge on any atom is -0.326 e. The zero-order valence-electron chi connectivity index (χ0n) is 14.9. The Balaban J connectivity index is 1.74. The molecule has 3 rings (SSSR count). The normalized spacial score (nSPS) is 17.3. The second-order valence-electron chi connectivity index (χ2n) is 6.82. The highest BCUT2D eigenvalue weighted by molar-refractivity contribution is 6.03. The van der Waals surface area contributed by atoms with Crippen LogP contribution in [0, 0.1) is 19.8 Å². The van der Waals surface area contributed by atoms with E-state index in [0.717, 1.165) is 23.3 Å². The predicted octanol–water partition coefficient (Wildman–Crippen LogP) is 4.31. The molecule has 0 radical (unpaired) electrons. The van der Waals surface area contributed by atoms with Crippen LogP contribution in [-0.4, -0.2) is 18.4 Å². The van der Waals surface area contributed by atoms with Crippen molar-refractivity contribution < 1.29 is 22.8 Å². The van der Waals surface area contributed by atoms with Gasteiger partial charge in [0.05, 0.1) is 11.5 Å². The van der Waals surface area contributed by atoms with Crippen molar-refractivity contribution in [1.82, 2.24) is 0 Å². The van der Waals surface area contributed by atoms with Gasteiger partial charge in [0.2, 0.25) is 11.8 Å². The van der Waals surface area contributed by atoms with Crippen LogP contribution in [0.4, 0.5) is 24.5 Å². The van der Waals surface area contributed by atoms with Gasteiger partial charge in [-0.15, -0.1) is 0 Å². The van der Waals surface area contributed by atoms with Gasteiger partial charge in [0.15, 0.2) is 0 Å². The maximum Gasteiger partial charge on any atom is 0.416 e. The number of anilines is 2. The molecule has 1 aliphatic rings. The molecule has 0 saturated carbocycles. The second-order valence-corrected chi connectivity index (χ2v) is 6.82. The van der Waals surface area contributed by atoms with Crippen LogP contribution >= 0.6 is 0 Å². The van der Waals surface area contributed by atoms with E-state index in [0.29, 0.717) is 5.69 Å². The largest absolute Gasteiger partial charge is 0.416 e. The lowest BCUT2D eigenvalue weighted by Crippen LogP contribution is -2.28. The second kappa shape index (κ2) is 7.06. The molecule has 142 valence electrons. The summed E-state index contributed by atoms with van der Waals surface area (Å²) >= 11 is 0. The zero-order valence-corrected chi connectivity index (χ0v) is 14.9. The van der Waals surface area contributed by atoms with Crippen LogP contribution in [0.25, 0.3) is 0 Å². The Bertz CT molecular complexity index is 873. The average molecular weight is 376 g/mol. The number of rotatable bonds is 3. The highest BCUT2D eigenvalue weighted by Crippen LogP contribution is 2.33. The molecule has 0 spiro atoms. The molecule has 1 heterocycles. The van der Waals surface area contributed by atoms with Crippen molar-refractivity contribution in [1.29, 1.82) is 0 Å². The van der Waals surface area contributed by atoms with Gasteiger partial charge in [-0.1, -0.05) is 12.1 Å². The molecule has 1 aliphatic heterocycles. The fourth-order valence-corrected chi connectivity index (χ4v) is 3.27. The lowest BCUT2D eigenvalue weighted by atomic mass is 10.1. The molecule has 1 atom stereocenters. The van der Waals surface area contributed by atoms with E-state index in [1.165, 1.54) is 17.0 Å². The molecule has 0 bridgehead atoms. The minimum atomic E-state index is -4.49. The van der Waals surface area contributed by atoms with E-state index < -0.39 is 17.7 Å². The highest BCUT2D eigenvalue weighted by atomic mass is 19.4. The van der Waals surface area contributed by atoms with Crippen LogP contribution in [-0.2, 0) is 15.8 Å². The molecule has 2 amide bonds. The van der Waals surface area contributed by atoms with Gasteiger partial charge in [-0.3, -0.25) is 9.59 Å². The Labute approximate surface area is 155 Å². The quantitative estimate of drug-likeness (QED) is 0.868. The van der Waals surface area contributed by atoms with Crippen LogP contribution in [0.3, 0.4) is 0 Å². The summed E-state index contributed by atoms with van der Waals surface area (Å²) in [6.07, 6.45) is -4.52. The predicted molar refractivity (Wildman–Crippen MR) is 96.4 cm³/mol. The molecule has 0 aromatic heterocycles. The zero-order chi connectivity index (χ0) is 19.8. The SMILES string of the molecule is Cc1cc(C)cc(NC(=O)[C@@H]2CC(=O)N(c3cccc(C(F)(F)F)c3)C2)c1. The average Bonchev–Trinajstić information content (AvgIpc) is 2.95. The van der Waals surface area contributed by atoms with Crippen molar-refractivity contribution in [2.75, 3.05) is 16.8 Å². The van der Waals surface area contributed by atoms with Crippen LogP contribution in [0.2, 0.25) is 0 Å². The van der Waals surface area contributed by atoms with Crippen molar-refractivity contribution in [2.45, 2.75) is 26.4 Å². The van der Waals surface area contributed by atoms with Gasteiger partial charge in [-0.05, 0) is 55.3 Å². The molecule has 4 nitrogen and oxygen atoms in total. The third kappa shape index (κ3) is 4.30. The summed E-state index contributed by atoms with van der Waals surface area (Å²) < 4.78 is 38.7. The van der Waals surface area contributed by atoms with Gasteiger partial charge >= 0.3 is 6.18 Å². The van der Waals surface area contributed by atoms with Crippen LogP contribution in [0.15, 0.2) is 42.5 Å². The molecular formula is C20H19F3N2O2. The number of nitrogens with zero attached hydrogens (tertiary/aromatic N) is 1. The molecule has 0 aliphatic carbocycles. The molecular weight excluding hydrogens is 357 g/mol. The van der Waals surface area contributed by atoms with E-state index in [1.54, 1.807) is 0 Å². The monoisotopic (exact) mass is 376 g/mol. The summed E-state index contributed by atoms with van der Waals surface area (Å²) in [5.41, 5.74) is 1.96. The number of nitrogens with one attached hydrogen (secondary N) is 1. The lowest BCUT2D eigenvalue weighted by Gasteiger charge is -2.18. The fraction of sp³-hybridized carbons (Fsp3) is 0.300. The van der Waals surface area contributed by atoms with Gasteiger partial charge in [0.1, 0.15) is 0 Å². The van der Waals surface area contributed by atoms with Crippen LogP contribution in [0.5, 0.6) is 0 Å². The Morgan fingerprint density at radius 3 is 2.41 bits per heavy atom. The summed E-state index contributed by atoms with van der Waals surface area (Å²) in [6, 6.07) is 10.2. The smallest absolute Gasteiger partial charge is 0.326 e. The van der Waals surface area contributed by atoms with Gasteiger partial charge < -0.3 is 10.2 Å². The molecule has 0 unspecified atom stereocenters. The van der Waals surface area contributed by atoms with Crippen LogP contribution < -0.4 is 10.2 Å². The van der Waals surface area contributed by atoms with E-state index in [-0.39, 0.29) is 30.5 Å². The van der Waals surface area contributed by atoms with E-state index in [4.69, 9.17) is 0 Å². The van der Waals surface area contributed by atoms with Crippen molar-refractivity contribution >= 4 is 23.2 Å². The summed E-state index contributed by atoms with van der Waals surface area (Å²) in [7, 11) is 0. The number of halogens is 3. The third-order valence-corrected chi connectivity index (χ3v) is 4.47. The summed E-state index contributed by atoms with van der Waals surface area (Å²) in [5, 5.41) is 2.80. The highest BCUT2D eigenvalue weighted by Gasteiger charge is 2.37. The number of hydrogen-bond donors (Lipinski definition) is 1. The number of hydrogen-bond acceptors (Lipinski definition) is 2. The first-order valence-corrected chi connectivity index (χ1v) is 8.50. The number of amides is 2. The van der Waals surface area contributed by atoms with E-state index in [2.05, 4.69) is 5.32 Å². The van der Waals surface area contributed by atoms with Crippen molar-refractivity contribution in [3.63, 3.8) is 0 Å². The molecule has 1 N–H and O–H groups in total. The number of carbonyl (C=O) groups is 2. The number of alkyl halides is 3. The maximum absolute atomic E-state index is 12.9. The van der Waals surface area contributed by atoms with Gasteiger partial charge in [0, 0.05) is 24.3 Å². The fourth-order valence-electron chi connectivity index (χ4n) is 3.27. The first kappa shape index (κ1) is 18.9. The van der Waals surface area contributed by atoms with E-state index >= 15 is 0 Å². The van der Waals surface area contributed by atoms with Crippen molar-refractivity contribution in [2.24, 2.45) is 5.92 Å². The molecule has 1 fully saturated rings. The number of aryl methyl sites for hydroxylation is 2. The number of benzene rings is 2. The Kier molecular flexibility index (Phi) is 4.95. The summed E-state index contributed by atoms with van der Waals surface area (Å²) in [5.74, 6) is -1.30. The third-order valence-electron chi connectivity index (χ3n) is 4.47. The standard InChI is InChI=1S/C20H19F3N2O2/c1-12-6-13(2)8-16(7-12)24-19(27)14-9-18(26)25(11-14)17-5-3-4-15(10-17)20(21,22)23/h3-8,10,14H,9,11H2,1-2H3,(H,24,27)/t14-/m1/s1. The summed E-state index contributed by atoms with van der Waals surface area (Å²) in [4.78, 5) is 26.0. The molecule has 1 saturated heterocycles. The number of carbonyl (C=O) groups excluding carboxylic acids is 2. The molecule has 2 aromatic rings. The Morgan fingerprint density at radius 1 is 1.11 bits per heavy atom. The Morgan fingerprint density at radius 2 is 1.78 bits per heavy atom. The molecule has 7 heteroatoms. The Hall–Kier alpha value is -2.83. The first-order chi connectivity index (χ1) is 12.6. The minimum absolute atomic E-state index is 0.0348. The topological polar surface area (TPSA) is 49.4 Å². The molecule has 27 heavy (non-hydrogen) atoms. The molecule has 2 aromatic carbocycles. The van der Waals surface area contributed by atoms with Crippen molar-refractivity contribution in [3.05, 3.63) is 59.2 Å². The van der Waals surface area contributed by atoms with Crippen LogP contribution in [0.1, 0.15) is 23.1 Å². The van der Waals surface area contributed by atoms with E-state index in [1.807, 2.05) is 32.0 Å². The maximum atomic E-state index is 12.9. The van der Waals surface area contributed by atoms with Crippen molar-refractivity contribution in [3.8, 4) is 0 Å². The summed E-state index contributed by atoms with van der Waals surface area (Å²) in [6.45, 7) is 3.88. The van der Waals surface area contributed by atoms with Gasteiger partial charge in [-0.25, -0.2) is 0 Å². The van der Waals surface area contributed by atoms with E-state index in [9.17, 15) is 22.8 Å². The lowest BCUT2D eigenvalue weighted by molar-refractivity contribution is -0.137.